The molecule has 0 amide bonds. The molecule has 1 radical (unpaired) electrons. The van der Waals surface area contributed by atoms with Crippen molar-refractivity contribution in [2.45, 2.75) is 6.92 Å². The van der Waals surface area contributed by atoms with Gasteiger partial charge in [-0.25, -0.2) is 0 Å². The van der Waals surface area contributed by atoms with E-state index in [1.54, 1.807) is 0 Å². The Hall–Kier alpha value is -0.610. The number of rotatable bonds is 0. The van der Waals surface area contributed by atoms with Gasteiger partial charge in [0.15, 0.2) is 0 Å². The molecule has 1 heterocycles. The molecular weight excluding hydrogens is 127 g/mol. The number of allylic oxidation sites excluding steroid dienone is 6. The van der Waals surface area contributed by atoms with Crippen LogP contribution in [0.4, 0.5) is 0 Å². The van der Waals surface area contributed by atoms with Crippen LogP contribution in [-0.2, 0) is 0 Å². The van der Waals surface area contributed by atoms with Gasteiger partial charge < -0.3 is 0 Å². The van der Waals surface area contributed by atoms with Crippen molar-refractivity contribution in [3.05, 3.63) is 34.7 Å². The summed E-state index contributed by atoms with van der Waals surface area (Å²) < 4.78 is 0. The molecule has 0 unspecified atom stereocenters. The van der Waals surface area contributed by atoms with Gasteiger partial charge >= 0.3 is 0 Å². The van der Waals surface area contributed by atoms with Gasteiger partial charge in [-0.2, -0.15) is 0 Å². The molecule has 43 valence electrons. The Morgan fingerprint density at radius 1 is 1.56 bits per heavy atom. The second kappa shape index (κ2) is 1.68. The van der Waals surface area contributed by atoms with Crippen LogP contribution in [0.3, 0.4) is 0 Å². The molecule has 0 fully saturated rings. The van der Waals surface area contributed by atoms with Gasteiger partial charge in [0.2, 0.25) is 0 Å². The molecule has 1 aliphatic carbocycles. The van der Waals surface area contributed by atoms with E-state index in [0.29, 0.717) is 0 Å². The summed E-state index contributed by atoms with van der Waals surface area (Å²) >= 11 is 0. The lowest BCUT2D eigenvalue weighted by atomic mass is 10.1. The van der Waals surface area contributed by atoms with Crippen LogP contribution in [0.2, 0.25) is 0 Å². The molecular formula is C8H6P. The lowest BCUT2D eigenvalue weighted by molar-refractivity contribution is 1.57. The summed E-state index contributed by atoms with van der Waals surface area (Å²) in [7, 11) is 1.26. The molecule has 0 saturated carbocycles. The van der Waals surface area contributed by atoms with Crippen LogP contribution >= 0.6 is 8.20 Å². The lowest BCUT2D eigenvalue weighted by Gasteiger charge is -1.89. The molecule has 2 rings (SSSR count). The number of hydrogen-bond donors (Lipinski definition) is 0. The highest BCUT2D eigenvalue weighted by Gasteiger charge is 2.11. The van der Waals surface area contributed by atoms with Crippen molar-refractivity contribution in [2.24, 2.45) is 0 Å². The molecule has 0 spiro atoms. The largest absolute Gasteiger partial charge is 0.0629 e. The zero-order valence-electron chi connectivity index (χ0n) is 5.18. The van der Waals surface area contributed by atoms with Crippen molar-refractivity contribution >= 4 is 14.0 Å². The van der Waals surface area contributed by atoms with Crippen LogP contribution in [-0.4, -0.2) is 5.80 Å². The summed E-state index contributed by atoms with van der Waals surface area (Å²) in [6.45, 7) is 2.15. The van der Waals surface area contributed by atoms with Crippen molar-refractivity contribution in [1.29, 1.82) is 0 Å². The summed E-state index contributed by atoms with van der Waals surface area (Å²) in [5, 5.41) is 1.43. The van der Waals surface area contributed by atoms with Gasteiger partial charge in [0.25, 0.3) is 0 Å². The van der Waals surface area contributed by atoms with E-state index in [1.807, 2.05) is 0 Å². The first kappa shape index (κ1) is 5.20. The predicted octanol–water partition coefficient (Wildman–Crippen LogP) is 2.40. The summed E-state index contributed by atoms with van der Waals surface area (Å²) in [5.41, 5.74) is 2.67. The molecule has 0 aromatic rings. The van der Waals surface area contributed by atoms with Gasteiger partial charge in [-0.3, -0.25) is 0 Å². The van der Waals surface area contributed by atoms with Crippen LogP contribution in [0.5, 0.6) is 0 Å². The zero-order valence-corrected chi connectivity index (χ0v) is 6.07. The Morgan fingerprint density at radius 3 is 3.22 bits per heavy atom. The van der Waals surface area contributed by atoms with E-state index in [0.717, 1.165) is 0 Å². The first-order valence-corrected chi connectivity index (χ1v) is 3.84. The van der Waals surface area contributed by atoms with Crippen LogP contribution in [0, 0.1) is 0 Å². The Kier molecular flexibility index (Phi) is 0.972. The van der Waals surface area contributed by atoms with E-state index in [2.05, 4.69) is 30.9 Å². The zero-order chi connectivity index (χ0) is 6.27. The SMILES string of the molecule is CC1=C2C=CC=C2[C]=P1. The fraction of sp³-hybridized carbons (Fsp3) is 0.125. The topological polar surface area (TPSA) is 0 Å². The monoisotopic (exact) mass is 133 g/mol. The standard InChI is InChI=1S/C8H6P/c1-6-8-4-2-3-7(8)5-9-6/h2-4H,1H3. The van der Waals surface area contributed by atoms with Crippen molar-refractivity contribution in [3.63, 3.8) is 0 Å². The van der Waals surface area contributed by atoms with Gasteiger partial charge in [-0.1, -0.05) is 26.4 Å². The van der Waals surface area contributed by atoms with E-state index >= 15 is 0 Å². The van der Waals surface area contributed by atoms with E-state index < -0.39 is 0 Å². The quantitative estimate of drug-likeness (QED) is 0.445. The summed E-state index contributed by atoms with van der Waals surface area (Å²) in [6, 6.07) is 0. The molecule has 0 aromatic carbocycles. The van der Waals surface area contributed by atoms with E-state index in [-0.39, 0.29) is 0 Å². The molecule has 2 aliphatic rings. The highest BCUT2D eigenvalue weighted by molar-refractivity contribution is 7.44. The molecule has 1 heteroatoms. The van der Waals surface area contributed by atoms with Crippen molar-refractivity contribution in [3.8, 4) is 0 Å². The van der Waals surface area contributed by atoms with E-state index in [9.17, 15) is 0 Å². The highest BCUT2D eigenvalue weighted by Crippen LogP contribution is 2.33. The van der Waals surface area contributed by atoms with Crippen LogP contribution in [0.25, 0.3) is 0 Å². The molecule has 9 heavy (non-hydrogen) atoms. The minimum absolute atomic E-state index is 1.26. The number of fused-ring (bicyclic) bond motifs is 1. The van der Waals surface area contributed by atoms with Crippen molar-refractivity contribution in [2.75, 3.05) is 0 Å². The van der Waals surface area contributed by atoms with Gasteiger partial charge in [0, 0.05) is 5.80 Å². The van der Waals surface area contributed by atoms with Gasteiger partial charge in [0.05, 0.1) is 0 Å². The average molecular weight is 133 g/mol. The molecule has 0 N–H and O–H groups in total. The normalized spacial score (nSPS) is 23.0. The fourth-order valence-electron chi connectivity index (χ4n) is 1.04. The maximum atomic E-state index is 3.27. The molecule has 0 nitrogen and oxygen atoms in total. The Balaban J connectivity index is 2.62. The molecule has 1 aliphatic heterocycles. The van der Waals surface area contributed by atoms with Gasteiger partial charge in [0.1, 0.15) is 0 Å². The van der Waals surface area contributed by atoms with E-state index in [4.69, 9.17) is 0 Å². The maximum absolute atomic E-state index is 3.27. The van der Waals surface area contributed by atoms with Crippen molar-refractivity contribution < 1.29 is 0 Å². The van der Waals surface area contributed by atoms with E-state index in [1.165, 1.54) is 24.7 Å². The van der Waals surface area contributed by atoms with Gasteiger partial charge in [-0.05, 0) is 23.4 Å². The smallest absolute Gasteiger partial charge is 0.0224 e. The molecule has 0 bridgehead atoms. The summed E-state index contributed by atoms with van der Waals surface area (Å²) in [5.74, 6) is 3.27. The first-order chi connectivity index (χ1) is 4.38. The Bertz CT molecular complexity index is 264. The third kappa shape index (κ3) is 0.635. The average Bonchev–Trinajstić information content (AvgIpc) is 2.35. The predicted molar refractivity (Wildman–Crippen MR) is 41.9 cm³/mol. The Labute approximate surface area is 56.4 Å². The second-order valence-electron chi connectivity index (χ2n) is 2.16. The Morgan fingerprint density at radius 2 is 2.44 bits per heavy atom. The molecule has 0 aromatic heterocycles. The van der Waals surface area contributed by atoms with Crippen LogP contribution in [0.1, 0.15) is 6.92 Å². The third-order valence-corrected chi connectivity index (χ3v) is 2.48. The van der Waals surface area contributed by atoms with Crippen molar-refractivity contribution in [1.82, 2.24) is 0 Å². The lowest BCUT2D eigenvalue weighted by Crippen LogP contribution is -1.76. The van der Waals surface area contributed by atoms with Crippen LogP contribution < -0.4 is 0 Å². The third-order valence-electron chi connectivity index (χ3n) is 1.55. The molecule has 0 saturated heterocycles. The summed E-state index contributed by atoms with van der Waals surface area (Å²) in [6.07, 6.45) is 6.34. The summed E-state index contributed by atoms with van der Waals surface area (Å²) in [4.78, 5) is 0. The number of hydrogen-bond acceptors (Lipinski definition) is 0. The minimum Gasteiger partial charge on any atom is -0.0629 e. The van der Waals surface area contributed by atoms with Gasteiger partial charge in [-0.15, -0.1) is 0 Å². The fourth-order valence-corrected chi connectivity index (χ4v) is 1.84. The minimum atomic E-state index is 1.26. The second-order valence-corrected chi connectivity index (χ2v) is 3.28. The highest BCUT2D eigenvalue weighted by atomic mass is 31.1. The van der Waals surface area contributed by atoms with Crippen LogP contribution in [0.15, 0.2) is 34.7 Å². The first-order valence-electron chi connectivity index (χ1n) is 2.94. The molecule has 0 atom stereocenters. The maximum Gasteiger partial charge on any atom is 0.0224 e.